The molecule has 2 amide bonds. The maximum absolute atomic E-state index is 12.6. The second-order valence-electron chi connectivity index (χ2n) is 8.25. The fourth-order valence-electron chi connectivity index (χ4n) is 4.03. The van der Waals surface area contributed by atoms with Gasteiger partial charge in [-0.3, -0.25) is 10.0 Å². The van der Waals surface area contributed by atoms with Gasteiger partial charge in [-0.25, -0.2) is 14.8 Å². The lowest BCUT2D eigenvalue weighted by atomic mass is 9.79. The molecule has 172 valence electrons. The number of aromatic nitrogens is 1. The minimum absolute atomic E-state index is 0.211. The van der Waals surface area contributed by atoms with E-state index in [1.54, 1.807) is 12.1 Å². The van der Waals surface area contributed by atoms with E-state index in [1.165, 1.54) is 23.3 Å². The Morgan fingerprint density at radius 2 is 1.64 bits per heavy atom. The smallest absolute Gasteiger partial charge is 0.343 e. The lowest BCUT2D eigenvalue weighted by Gasteiger charge is -2.38. The number of carboxylic acids is 1. The molecule has 0 spiro atoms. The van der Waals surface area contributed by atoms with E-state index in [4.69, 9.17) is 16.6 Å². The SMILES string of the molecule is Cc1ccc(-c2sc(C3(C(=O)O)CCN(C(=O)N(C)O)CC3)nc2-c2ccc(Cl)cc2)cc1. The van der Waals surface area contributed by atoms with Gasteiger partial charge in [0.1, 0.15) is 10.4 Å². The van der Waals surface area contributed by atoms with Crippen LogP contribution in [-0.4, -0.2) is 57.4 Å². The number of nitrogens with zero attached hydrogens (tertiary/aromatic N) is 3. The Bertz CT molecular complexity index is 1100. The summed E-state index contributed by atoms with van der Waals surface area (Å²) in [5.74, 6) is -0.959. The van der Waals surface area contributed by atoms with Crippen molar-refractivity contribution in [2.45, 2.75) is 25.2 Å². The molecule has 2 heterocycles. The minimum atomic E-state index is -1.21. The number of carbonyl (C=O) groups excluding carboxylic acids is 1. The van der Waals surface area contributed by atoms with Gasteiger partial charge in [0.25, 0.3) is 0 Å². The number of hydroxylamine groups is 2. The van der Waals surface area contributed by atoms with Gasteiger partial charge in [-0.1, -0.05) is 53.6 Å². The highest BCUT2D eigenvalue weighted by Gasteiger charge is 2.47. The summed E-state index contributed by atoms with van der Waals surface area (Å²) < 4.78 is 0. The van der Waals surface area contributed by atoms with Crippen LogP contribution < -0.4 is 0 Å². The molecule has 0 unspecified atom stereocenters. The highest BCUT2D eigenvalue weighted by atomic mass is 35.5. The summed E-state index contributed by atoms with van der Waals surface area (Å²) >= 11 is 7.46. The summed E-state index contributed by atoms with van der Waals surface area (Å²) in [6.45, 7) is 2.44. The summed E-state index contributed by atoms with van der Waals surface area (Å²) in [5, 5.41) is 21.4. The molecule has 1 saturated heterocycles. The van der Waals surface area contributed by atoms with Gasteiger partial charge >= 0.3 is 12.0 Å². The molecule has 1 fully saturated rings. The van der Waals surface area contributed by atoms with Gasteiger partial charge in [0.05, 0.1) is 10.6 Å². The van der Waals surface area contributed by atoms with Crippen LogP contribution in [0.5, 0.6) is 0 Å². The Morgan fingerprint density at radius 3 is 2.18 bits per heavy atom. The monoisotopic (exact) mass is 485 g/mol. The number of hydrogen-bond donors (Lipinski definition) is 2. The van der Waals surface area contributed by atoms with Crippen LogP contribution in [0.3, 0.4) is 0 Å². The number of piperidine rings is 1. The number of hydrogen-bond acceptors (Lipinski definition) is 5. The summed E-state index contributed by atoms with van der Waals surface area (Å²) in [5.41, 5.74) is 2.45. The molecule has 2 N–H and O–H groups in total. The molecule has 4 rings (SSSR count). The van der Waals surface area contributed by atoms with Crippen molar-refractivity contribution >= 4 is 34.9 Å². The average Bonchev–Trinajstić information content (AvgIpc) is 3.25. The first kappa shape index (κ1) is 23.2. The number of aliphatic carboxylic acids is 1. The largest absolute Gasteiger partial charge is 0.481 e. The van der Waals surface area contributed by atoms with Gasteiger partial charge in [0.2, 0.25) is 0 Å². The van der Waals surface area contributed by atoms with E-state index in [1.807, 2.05) is 43.3 Å². The van der Waals surface area contributed by atoms with Crippen LogP contribution in [0.1, 0.15) is 23.4 Å². The number of thiazole rings is 1. The van der Waals surface area contributed by atoms with Gasteiger partial charge in [0, 0.05) is 30.7 Å². The zero-order valence-electron chi connectivity index (χ0n) is 18.3. The van der Waals surface area contributed by atoms with Crippen molar-refractivity contribution in [2.24, 2.45) is 0 Å². The third-order valence-electron chi connectivity index (χ3n) is 6.04. The molecule has 0 aliphatic carbocycles. The first-order valence-electron chi connectivity index (χ1n) is 10.5. The van der Waals surface area contributed by atoms with Crippen molar-refractivity contribution in [3.63, 3.8) is 0 Å². The standard InChI is InChI=1S/C24H24ClN3O4S/c1-15-3-5-17(6-4-15)20-19(16-7-9-18(25)10-8-16)26-21(33-20)24(22(29)30)11-13-28(14-12-24)23(31)27(2)32/h3-10,32H,11-14H2,1-2H3,(H,29,30). The predicted molar refractivity (Wildman–Crippen MR) is 128 cm³/mol. The van der Waals surface area contributed by atoms with Crippen LogP contribution in [0.25, 0.3) is 21.7 Å². The van der Waals surface area contributed by atoms with Crippen molar-refractivity contribution in [1.29, 1.82) is 0 Å². The minimum Gasteiger partial charge on any atom is -0.481 e. The second kappa shape index (κ2) is 9.13. The van der Waals surface area contributed by atoms with Crippen molar-refractivity contribution < 1.29 is 19.9 Å². The van der Waals surface area contributed by atoms with Gasteiger partial charge in [0.15, 0.2) is 0 Å². The van der Waals surface area contributed by atoms with Crippen LogP contribution in [0.15, 0.2) is 48.5 Å². The Labute approximate surface area is 200 Å². The molecule has 3 aromatic rings. The fraction of sp³-hybridized carbons (Fsp3) is 0.292. The first-order valence-corrected chi connectivity index (χ1v) is 11.7. The van der Waals surface area contributed by atoms with E-state index < -0.39 is 17.4 Å². The summed E-state index contributed by atoms with van der Waals surface area (Å²) in [4.78, 5) is 31.9. The molecule has 9 heteroatoms. The maximum Gasteiger partial charge on any atom is 0.343 e. The predicted octanol–water partition coefficient (Wildman–Crippen LogP) is 5.30. The molecule has 1 aliphatic rings. The highest BCUT2D eigenvalue weighted by molar-refractivity contribution is 7.16. The lowest BCUT2D eigenvalue weighted by Crippen LogP contribution is -2.51. The molecule has 0 atom stereocenters. The number of halogens is 1. The molecule has 7 nitrogen and oxygen atoms in total. The third-order valence-corrected chi connectivity index (χ3v) is 7.60. The maximum atomic E-state index is 12.6. The van der Waals surface area contributed by atoms with Crippen molar-refractivity contribution in [3.8, 4) is 21.7 Å². The van der Waals surface area contributed by atoms with Crippen LogP contribution in [0, 0.1) is 6.92 Å². The lowest BCUT2D eigenvalue weighted by molar-refractivity contribution is -0.146. The Balaban J connectivity index is 1.78. The summed E-state index contributed by atoms with van der Waals surface area (Å²) in [6.07, 6.45) is 0.422. The normalized spacial score (nSPS) is 15.3. The molecule has 0 saturated carbocycles. The average molecular weight is 486 g/mol. The number of benzene rings is 2. The number of amides is 2. The zero-order valence-corrected chi connectivity index (χ0v) is 19.9. The zero-order chi connectivity index (χ0) is 23.8. The van der Waals surface area contributed by atoms with E-state index in [-0.39, 0.29) is 25.9 Å². The number of carboxylic acid groups (broad SMARTS) is 1. The Kier molecular flexibility index (Phi) is 6.43. The molecule has 33 heavy (non-hydrogen) atoms. The van der Waals surface area contributed by atoms with Crippen LogP contribution >= 0.6 is 22.9 Å². The van der Waals surface area contributed by atoms with E-state index in [0.717, 1.165) is 21.6 Å². The molecular formula is C24H24ClN3O4S. The quantitative estimate of drug-likeness (QED) is 0.386. The number of carbonyl (C=O) groups is 2. The van der Waals surface area contributed by atoms with Crippen molar-refractivity contribution in [3.05, 3.63) is 64.1 Å². The highest BCUT2D eigenvalue weighted by Crippen LogP contribution is 2.45. The van der Waals surface area contributed by atoms with Gasteiger partial charge < -0.3 is 10.0 Å². The van der Waals surface area contributed by atoms with E-state index in [9.17, 15) is 19.9 Å². The number of rotatable bonds is 4. The first-order chi connectivity index (χ1) is 15.7. The Morgan fingerprint density at radius 1 is 1.06 bits per heavy atom. The topological polar surface area (TPSA) is 94.0 Å². The van der Waals surface area contributed by atoms with E-state index >= 15 is 0 Å². The van der Waals surface area contributed by atoms with Crippen molar-refractivity contribution in [2.75, 3.05) is 20.1 Å². The molecule has 2 aromatic carbocycles. The number of aryl methyl sites for hydroxylation is 1. The van der Waals surface area contributed by atoms with E-state index in [2.05, 4.69) is 0 Å². The number of likely N-dealkylation sites (tertiary alicyclic amines) is 1. The van der Waals surface area contributed by atoms with Crippen LogP contribution in [-0.2, 0) is 10.2 Å². The molecule has 1 aromatic heterocycles. The van der Waals surface area contributed by atoms with Crippen LogP contribution in [0.4, 0.5) is 4.79 Å². The number of urea groups is 1. The van der Waals surface area contributed by atoms with Crippen LogP contribution in [0.2, 0.25) is 5.02 Å². The molecule has 0 bridgehead atoms. The van der Waals surface area contributed by atoms with Gasteiger partial charge in [-0.2, -0.15) is 0 Å². The molecule has 0 radical (unpaired) electrons. The summed E-state index contributed by atoms with van der Waals surface area (Å²) in [7, 11) is 1.26. The summed E-state index contributed by atoms with van der Waals surface area (Å²) in [6, 6.07) is 14.8. The molecule has 1 aliphatic heterocycles. The van der Waals surface area contributed by atoms with Crippen molar-refractivity contribution in [1.82, 2.24) is 14.9 Å². The van der Waals surface area contributed by atoms with E-state index in [0.29, 0.717) is 20.8 Å². The van der Waals surface area contributed by atoms with Gasteiger partial charge in [-0.05, 0) is 37.5 Å². The second-order valence-corrected chi connectivity index (χ2v) is 9.69. The molecular weight excluding hydrogens is 462 g/mol. The Hall–Kier alpha value is -2.94. The fourth-order valence-corrected chi connectivity index (χ4v) is 5.49. The van der Waals surface area contributed by atoms with Gasteiger partial charge in [-0.15, -0.1) is 11.3 Å². The third kappa shape index (κ3) is 4.46.